The Kier molecular flexibility index (Phi) is 5.35. The van der Waals surface area contributed by atoms with E-state index in [0.29, 0.717) is 16.5 Å². The molecule has 10 nitrogen and oxygen atoms in total. The molecule has 2 atom stereocenters. The Hall–Kier alpha value is -3.69. The third-order valence-corrected chi connectivity index (χ3v) is 4.82. The van der Waals surface area contributed by atoms with E-state index in [-0.39, 0.29) is 31.0 Å². The van der Waals surface area contributed by atoms with Crippen LogP contribution in [0.15, 0.2) is 28.7 Å². The lowest BCUT2D eigenvalue weighted by Crippen LogP contribution is -2.44. The number of carbonyl (C=O) groups is 4. The summed E-state index contributed by atoms with van der Waals surface area (Å²) in [7, 11) is 0. The van der Waals surface area contributed by atoms with Crippen molar-refractivity contribution in [3.63, 3.8) is 0 Å². The Morgan fingerprint density at radius 3 is 2.69 bits per heavy atom. The van der Waals surface area contributed by atoms with Gasteiger partial charge in [0.05, 0.1) is 18.4 Å². The molecule has 3 amide bonds. The molecule has 2 unspecified atom stereocenters. The Morgan fingerprint density at radius 1 is 1.34 bits per heavy atom. The van der Waals surface area contributed by atoms with Crippen molar-refractivity contribution >= 4 is 40.5 Å². The van der Waals surface area contributed by atoms with Gasteiger partial charge in [0, 0.05) is 24.4 Å². The smallest absolute Gasteiger partial charge is 0.304 e. The van der Waals surface area contributed by atoms with Crippen molar-refractivity contribution in [1.82, 2.24) is 10.2 Å². The molecule has 29 heavy (non-hydrogen) atoms. The van der Waals surface area contributed by atoms with Gasteiger partial charge in [0.2, 0.25) is 11.8 Å². The summed E-state index contributed by atoms with van der Waals surface area (Å²) in [5.41, 5.74) is 6.40. The summed E-state index contributed by atoms with van der Waals surface area (Å²) in [5.74, 6) is -3.57. The van der Waals surface area contributed by atoms with E-state index in [2.05, 4.69) is 5.32 Å². The Morgan fingerprint density at radius 2 is 2.07 bits per heavy atom. The average molecular weight is 400 g/mol. The number of nitrogens with one attached hydrogen (secondary N) is 2. The van der Waals surface area contributed by atoms with E-state index in [1.807, 2.05) is 0 Å². The third kappa shape index (κ3) is 4.10. The second kappa shape index (κ2) is 7.74. The number of rotatable bonds is 6. The molecular weight excluding hydrogens is 380 g/mol. The quantitative estimate of drug-likeness (QED) is 0.408. The molecule has 1 fully saturated rings. The second-order valence-electron chi connectivity index (χ2n) is 6.90. The molecule has 1 aliphatic rings. The lowest BCUT2D eigenvalue weighted by Gasteiger charge is -2.21. The van der Waals surface area contributed by atoms with Gasteiger partial charge in [-0.2, -0.15) is 0 Å². The fourth-order valence-electron chi connectivity index (χ4n) is 3.50. The molecule has 0 radical (unpaired) electrons. The van der Waals surface area contributed by atoms with Crippen LogP contribution >= 0.6 is 0 Å². The highest BCUT2D eigenvalue weighted by atomic mass is 16.4. The van der Waals surface area contributed by atoms with Gasteiger partial charge >= 0.3 is 5.97 Å². The zero-order chi connectivity index (χ0) is 21.3. The topological polar surface area (TPSA) is 167 Å². The number of benzene rings is 1. The van der Waals surface area contributed by atoms with Crippen molar-refractivity contribution in [2.75, 3.05) is 6.54 Å². The van der Waals surface area contributed by atoms with Crippen molar-refractivity contribution < 1.29 is 28.7 Å². The van der Waals surface area contributed by atoms with Crippen LogP contribution in [-0.2, 0) is 14.4 Å². The number of amides is 3. The first-order chi connectivity index (χ1) is 13.7. The normalized spacial score (nSPS) is 18.8. The minimum atomic E-state index is -1.12. The number of hydrogen-bond acceptors (Lipinski definition) is 6. The molecule has 10 heteroatoms. The first-order valence-electron chi connectivity index (χ1n) is 8.89. The molecule has 2 aromatic rings. The molecule has 0 aliphatic carbocycles. The van der Waals surface area contributed by atoms with Crippen LogP contribution in [0.3, 0.4) is 0 Å². The van der Waals surface area contributed by atoms with Crippen LogP contribution in [0, 0.1) is 11.3 Å². The number of hydrogen-bond donors (Lipinski definition) is 4. The molecule has 0 spiro atoms. The molecule has 0 saturated carbocycles. The molecule has 5 N–H and O–H groups in total. The predicted octanol–water partition coefficient (Wildman–Crippen LogP) is 0.685. The highest BCUT2D eigenvalue weighted by Crippen LogP contribution is 2.27. The van der Waals surface area contributed by atoms with Crippen LogP contribution in [0.25, 0.3) is 11.0 Å². The van der Waals surface area contributed by atoms with E-state index in [1.165, 1.54) is 13.0 Å². The number of carboxylic acid groups (broad SMARTS) is 1. The number of nitrogen functional groups attached to an aromatic ring is 1. The number of amidine groups is 1. The number of aliphatic carboxylic acids is 1. The van der Waals surface area contributed by atoms with Crippen molar-refractivity contribution in [1.29, 1.82) is 5.41 Å². The summed E-state index contributed by atoms with van der Waals surface area (Å²) in [6.45, 7) is 1.21. The van der Waals surface area contributed by atoms with Gasteiger partial charge in [-0.25, -0.2) is 0 Å². The van der Waals surface area contributed by atoms with E-state index < -0.39 is 35.7 Å². The maximum Gasteiger partial charge on any atom is 0.304 e. The van der Waals surface area contributed by atoms with E-state index in [0.717, 1.165) is 4.90 Å². The highest BCUT2D eigenvalue weighted by Gasteiger charge is 2.42. The number of nitrogens with zero attached hydrogens (tertiary/aromatic N) is 1. The number of carboxylic acids is 1. The second-order valence-corrected chi connectivity index (χ2v) is 6.90. The molecule has 1 saturated heterocycles. The number of imide groups is 1. The Balaban J connectivity index is 1.71. The number of fused-ring (bicyclic) bond motifs is 1. The first kappa shape index (κ1) is 20.1. The van der Waals surface area contributed by atoms with Crippen LogP contribution in [-0.4, -0.2) is 52.1 Å². The van der Waals surface area contributed by atoms with Crippen LogP contribution in [0.5, 0.6) is 0 Å². The van der Waals surface area contributed by atoms with Crippen LogP contribution in [0.1, 0.15) is 35.9 Å². The standard InChI is InChI=1S/C19H20N4O6/c1-9(24)23-13(5-12(19(23)28)7-16(25)26)8-22-18(27)15-6-11-4-10(17(20)21)2-3-14(11)29-15/h2-4,6,12-13H,5,7-8H2,1H3,(H3,20,21)(H,22,27)(H,25,26). The number of furan rings is 1. The minimum absolute atomic E-state index is 0.0178. The lowest BCUT2D eigenvalue weighted by atomic mass is 10.0. The summed E-state index contributed by atoms with van der Waals surface area (Å²) >= 11 is 0. The van der Waals surface area contributed by atoms with Crippen LogP contribution in [0.2, 0.25) is 0 Å². The number of likely N-dealkylation sites (tertiary alicyclic amines) is 1. The molecule has 1 aromatic heterocycles. The van der Waals surface area contributed by atoms with E-state index >= 15 is 0 Å². The average Bonchev–Trinajstić information content (AvgIpc) is 3.20. The fraction of sp³-hybridized carbons (Fsp3) is 0.316. The highest BCUT2D eigenvalue weighted by molar-refractivity contribution is 6.01. The maximum absolute atomic E-state index is 12.5. The Labute approximate surface area is 165 Å². The van der Waals surface area contributed by atoms with Gasteiger partial charge in [0.1, 0.15) is 11.4 Å². The zero-order valence-electron chi connectivity index (χ0n) is 15.6. The zero-order valence-corrected chi connectivity index (χ0v) is 15.6. The van der Waals surface area contributed by atoms with Gasteiger partial charge in [-0.15, -0.1) is 0 Å². The summed E-state index contributed by atoms with van der Waals surface area (Å²) < 4.78 is 5.50. The van der Waals surface area contributed by atoms with Crippen molar-refractivity contribution in [2.24, 2.45) is 11.7 Å². The van der Waals surface area contributed by atoms with Gasteiger partial charge in [-0.1, -0.05) is 0 Å². The number of nitrogens with two attached hydrogens (primary N) is 1. The third-order valence-electron chi connectivity index (χ3n) is 4.82. The SMILES string of the molecule is CC(=O)N1C(=O)C(CC(=O)O)CC1CNC(=O)c1cc2cc(C(=N)N)ccc2o1. The maximum atomic E-state index is 12.5. The van der Waals surface area contributed by atoms with Crippen LogP contribution < -0.4 is 11.1 Å². The summed E-state index contributed by atoms with van der Waals surface area (Å²) in [6.07, 6.45) is -0.206. The lowest BCUT2D eigenvalue weighted by molar-refractivity contribution is -0.147. The molecule has 3 rings (SSSR count). The summed E-state index contributed by atoms with van der Waals surface area (Å²) in [6, 6.07) is 5.72. The Bertz CT molecular complexity index is 1030. The van der Waals surface area contributed by atoms with Gasteiger partial charge < -0.3 is 20.6 Å². The van der Waals surface area contributed by atoms with Gasteiger partial charge in [-0.05, 0) is 30.7 Å². The summed E-state index contributed by atoms with van der Waals surface area (Å²) in [5, 5.41) is 19.6. The summed E-state index contributed by atoms with van der Waals surface area (Å²) in [4.78, 5) is 48.5. The van der Waals surface area contributed by atoms with Crippen molar-refractivity contribution in [3.05, 3.63) is 35.6 Å². The molecule has 1 aliphatic heterocycles. The predicted molar refractivity (Wildman–Crippen MR) is 101 cm³/mol. The van der Waals surface area contributed by atoms with Crippen LogP contribution in [0.4, 0.5) is 0 Å². The van der Waals surface area contributed by atoms with Crippen molar-refractivity contribution in [3.8, 4) is 0 Å². The number of carbonyl (C=O) groups excluding carboxylic acids is 3. The van der Waals surface area contributed by atoms with E-state index in [4.69, 9.17) is 20.7 Å². The molecule has 0 bridgehead atoms. The molecule has 152 valence electrons. The molecular formula is C19H20N4O6. The largest absolute Gasteiger partial charge is 0.481 e. The first-order valence-corrected chi connectivity index (χ1v) is 8.89. The van der Waals surface area contributed by atoms with E-state index in [1.54, 1.807) is 18.2 Å². The minimum Gasteiger partial charge on any atom is -0.481 e. The van der Waals surface area contributed by atoms with Gasteiger partial charge in [-0.3, -0.25) is 29.5 Å². The molecule has 2 heterocycles. The monoisotopic (exact) mass is 400 g/mol. The molecule has 1 aromatic carbocycles. The van der Waals surface area contributed by atoms with Gasteiger partial charge in [0.25, 0.3) is 5.91 Å². The van der Waals surface area contributed by atoms with Crippen molar-refractivity contribution in [2.45, 2.75) is 25.8 Å². The van der Waals surface area contributed by atoms with Gasteiger partial charge in [0.15, 0.2) is 5.76 Å². The van der Waals surface area contributed by atoms with E-state index in [9.17, 15) is 19.2 Å². The fourth-order valence-corrected chi connectivity index (χ4v) is 3.50.